The van der Waals surface area contributed by atoms with Gasteiger partial charge in [0.25, 0.3) is 0 Å². The van der Waals surface area contributed by atoms with E-state index in [1.807, 2.05) is 6.92 Å². The first kappa shape index (κ1) is 9.34. The van der Waals surface area contributed by atoms with Crippen molar-refractivity contribution in [3.8, 4) is 0 Å². The van der Waals surface area contributed by atoms with Gasteiger partial charge >= 0.3 is 0 Å². The van der Waals surface area contributed by atoms with Crippen LogP contribution >= 0.6 is 23.2 Å². The molecular formula is C8H12Cl2O. The smallest absolute Gasteiger partial charge is 0.132 e. The molecule has 0 aromatic rings. The second-order valence-corrected chi connectivity index (χ2v) is 4.59. The van der Waals surface area contributed by atoms with E-state index in [0.29, 0.717) is 18.6 Å². The molecule has 0 aliphatic heterocycles. The second kappa shape index (κ2) is 3.32. The minimum absolute atomic E-state index is 0.0307. The largest absolute Gasteiger partial charge is 0.300 e. The molecule has 0 spiro atoms. The molecule has 0 heterocycles. The highest BCUT2D eigenvalue weighted by molar-refractivity contribution is 6.44. The van der Waals surface area contributed by atoms with Crippen molar-refractivity contribution in [3.05, 3.63) is 0 Å². The van der Waals surface area contributed by atoms with Crippen molar-refractivity contribution < 1.29 is 4.79 Å². The van der Waals surface area contributed by atoms with Gasteiger partial charge in [0.15, 0.2) is 0 Å². The Balaban J connectivity index is 2.55. The maximum Gasteiger partial charge on any atom is 0.132 e. The summed E-state index contributed by atoms with van der Waals surface area (Å²) in [5, 5.41) is 0. The third-order valence-electron chi connectivity index (χ3n) is 2.48. The van der Waals surface area contributed by atoms with E-state index >= 15 is 0 Å². The molecule has 0 saturated heterocycles. The molecule has 64 valence electrons. The number of Topliss-reactive ketones (excluding diaryl/α,β-unsaturated/α-hetero) is 1. The lowest BCUT2D eigenvalue weighted by molar-refractivity contribution is -0.122. The van der Waals surface area contributed by atoms with Crippen LogP contribution in [-0.2, 0) is 4.79 Å². The molecule has 0 aromatic carbocycles. The van der Waals surface area contributed by atoms with Crippen LogP contribution in [-0.4, -0.2) is 10.6 Å². The predicted molar refractivity (Wildman–Crippen MR) is 47.1 cm³/mol. The highest BCUT2D eigenvalue weighted by atomic mass is 35.5. The minimum atomic E-state index is -0.337. The van der Waals surface area contributed by atoms with Crippen molar-refractivity contribution >= 4 is 29.0 Å². The molecule has 1 aliphatic carbocycles. The van der Waals surface area contributed by atoms with Gasteiger partial charge in [-0.05, 0) is 18.3 Å². The number of hydrogen-bond acceptors (Lipinski definition) is 1. The normalized spacial score (nSPS) is 24.2. The first-order valence-electron chi connectivity index (χ1n) is 3.84. The number of carbonyl (C=O) groups excluding carboxylic acids is 1. The first-order valence-corrected chi connectivity index (χ1v) is 4.72. The minimum Gasteiger partial charge on any atom is -0.300 e. The van der Waals surface area contributed by atoms with Gasteiger partial charge in [0.05, 0.1) is 0 Å². The quantitative estimate of drug-likeness (QED) is 0.588. The molecule has 0 bridgehead atoms. The Morgan fingerprint density at radius 2 is 1.82 bits per heavy atom. The molecule has 0 radical (unpaired) electrons. The van der Waals surface area contributed by atoms with Crippen LogP contribution in [0.1, 0.15) is 32.6 Å². The van der Waals surface area contributed by atoms with Crippen molar-refractivity contribution in [2.24, 2.45) is 5.41 Å². The van der Waals surface area contributed by atoms with Gasteiger partial charge in [0.1, 0.15) is 10.6 Å². The van der Waals surface area contributed by atoms with Crippen molar-refractivity contribution in [2.45, 2.75) is 37.4 Å². The van der Waals surface area contributed by atoms with Crippen LogP contribution in [0.15, 0.2) is 0 Å². The van der Waals surface area contributed by atoms with Crippen LogP contribution in [0.3, 0.4) is 0 Å². The molecule has 11 heavy (non-hydrogen) atoms. The lowest BCUT2D eigenvalue weighted by Gasteiger charge is -2.33. The van der Waals surface area contributed by atoms with E-state index in [4.69, 9.17) is 23.2 Å². The van der Waals surface area contributed by atoms with E-state index in [0.717, 1.165) is 12.8 Å². The van der Waals surface area contributed by atoms with Crippen LogP contribution < -0.4 is 0 Å². The molecular weight excluding hydrogens is 183 g/mol. The van der Waals surface area contributed by atoms with E-state index in [1.54, 1.807) is 0 Å². The number of ketones is 1. The number of rotatable bonds is 1. The summed E-state index contributed by atoms with van der Waals surface area (Å²) in [4.78, 5) is 10.5. The third kappa shape index (κ3) is 2.09. The predicted octanol–water partition coefficient (Wildman–Crippen LogP) is 2.94. The topological polar surface area (TPSA) is 17.1 Å². The summed E-state index contributed by atoms with van der Waals surface area (Å²) in [6, 6.07) is 0. The van der Waals surface area contributed by atoms with Crippen LogP contribution in [0.5, 0.6) is 0 Å². The first-order chi connectivity index (χ1) is 5.04. The summed E-state index contributed by atoms with van der Waals surface area (Å²) in [7, 11) is 0. The van der Waals surface area contributed by atoms with E-state index in [9.17, 15) is 4.79 Å². The van der Waals surface area contributed by atoms with E-state index < -0.39 is 0 Å². The van der Waals surface area contributed by atoms with E-state index in [-0.39, 0.29) is 10.3 Å². The molecule has 1 nitrogen and oxygen atoms in total. The summed E-state index contributed by atoms with van der Waals surface area (Å²) in [6.07, 6.45) is 2.96. The fourth-order valence-electron chi connectivity index (χ4n) is 1.32. The van der Waals surface area contributed by atoms with Crippen LogP contribution in [0.4, 0.5) is 0 Å². The average molecular weight is 195 g/mol. The van der Waals surface area contributed by atoms with Crippen molar-refractivity contribution in [3.63, 3.8) is 0 Å². The fourth-order valence-corrected chi connectivity index (χ4v) is 1.75. The molecule has 0 N–H and O–H groups in total. The van der Waals surface area contributed by atoms with E-state index in [1.165, 1.54) is 0 Å². The average Bonchev–Trinajstić information content (AvgIpc) is 1.95. The van der Waals surface area contributed by atoms with Crippen LogP contribution in [0, 0.1) is 5.41 Å². The molecule has 0 atom stereocenters. The lowest BCUT2D eigenvalue weighted by atomic mass is 9.77. The zero-order valence-electron chi connectivity index (χ0n) is 6.57. The van der Waals surface area contributed by atoms with Gasteiger partial charge < -0.3 is 0 Å². The molecule has 1 aliphatic rings. The van der Waals surface area contributed by atoms with Gasteiger partial charge in [0, 0.05) is 12.8 Å². The molecule has 1 rings (SSSR count). The van der Waals surface area contributed by atoms with Gasteiger partial charge in [-0.3, -0.25) is 4.79 Å². The highest BCUT2D eigenvalue weighted by Crippen LogP contribution is 2.41. The lowest BCUT2D eigenvalue weighted by Crippen LogP contribution is -2.30. The number of alkyl halides is 2. The molecule has 0 unspecified atom stereocenters. The maximum absolute atomic E-state index is 10.9. The maximum atomic E-state index is 10.9. The Bertz CT molecular complexity index is 155. The van der Waals surface area contributed by atoms with Gasteiger partial charge in [0.2, 0.25) is 0 Å². The van der Waals surface area contributed by atoms with Gasteiger partial charge in [-0.1, -0.05) is 6.92 Å². The third-order valence-corrected chi connectivity index (χ3v) is 3.53. The summed E-state index contributed by atoms with van der Waals surface area (Å²) in [5.41, 5.74) is -0.0307. The SMILES string of the molecule is CC1(C(Cl)Cl)CCC(=O)CC1. The standard InChI is InChI=1S/C8H12Cl2O/c1-8(7(9)10)4-2-6(11)3-5-8/h7H,2-5H2,1H3. The Morgan fingerprint density at radius 1 is 1.36 bits per heavy atom. The zero-order chi connectivity index (χ0) is 8.48. The Morgan fingerprint density at radius 3 is 2.18 bits per heavy atom. The van der Waals surface area contributed by atoms with Crippen molar-refractivity contribution in [1.82, 2.24) is 0 Å². The Labute approximate surface area is 77.1 Å². The van der Waals surface area contributed by atoms with Gasteiger partial charge in [-0.2, -0.15) is 0 Å². The fraction of sp³-hybridized carbons (Fsp3) is 0.875. The summed E-state index contributed by atoms with van der Waals surface area (Å²) in [6.45, 7) is 2.05. The molecule has 0 aromatic heterocycles. The Hall–Kier alpha value is 0.250. The molecule has 3 heteroatoms. The number of halogens is 2. The summed E-state index contributed by atoms with van der Waals surface area (Å²) >= 11 is 11.6. The number of carbonyl (C=O) groups is 1. The Kier molecular flexibility index (Phi) is 2.82. The summed E-state index contributed by atoms with van der Waals surface area (Å²) < 4.78 is 0. The zero-order valence-corrected chi connectivity index (χ0v) is 8.08. The van der Waals surface area contributed by atoms with Crippen molar-refractivity contribution in [2.75, 3.05) is 0 Å². The summed E-state index contributed by atoms with van der Waals surface area (Å²) in [5.74, 6) is 0.344. The van der Waals surface area contributed by atoms with Gasteiger partial charge in [-0.15, -0.1) is 23.2 Å². The molecule has 0 amide bonds. The second-order valence-electron chi connectivity index (χ2n) is 3.49. The van der Waals surface area contributed by atoms with Gasteiger partial charge in [-0.25, -0.2) is 0 Å². The van der Waals surface area contributed by atoms with Crippen LogP contribution in [0.25, 0.3) is 0 Å². The van der Waals surface area contributed by atoms with Crippen molar-refractivity contribution in [1.29, 1.82) is 0 Å². The number of hydrogen-bond donors (Lipinski definition) is 0. The monoisotopic (exact) mass is 194 g/mol. The molecule has 1 saturated carbocycles. The molecule has 1 fully saturated rings. The van der Waals surface area contributed by atoms with Crippen LogP contribution in [0.2, 0.25) is 0 Å². The highest BCUT2D eigenvalue weighted by Gasteiger charge is 2.35. The van der Waals surface area contributed by atoms with E-state index in [2.05, 4.69) is 0 Å².